The third-order valence-corrected chi connectivity index (χ3v) is 5.34. The quantitative estimate of drug-likeness (QED) is 0.680. The Kier molecular flexibility index (Phi) is 6.03. The van der Waals surface area contributed by atoms with Crippen LogP contribution in [0.4, 0.5) is 0 Å². The van der Waals surface area contributed by atoms with Crippen LogP contribution in [0.15, 0.2) is 60.7 Å². The lowest BCUT2D eigenvalue weighted by molar-refractivity contribution is 0.0946. The topological polar surface area (TPSA) is 64.3 Å². The van der Waals surface area contributed by atoms with E-state index in [1.165, 1.54) is 5.56 Å². The van der Waals surface area contributed by atoms with Crippen molar-refractivity contribution in [3.63, 3.8) is 0 Å². The molecule has 6 nitrogen and oxygen atoms in total. The van der Waals surface area contributed by atoms with Gasteiger partial charge in [0.1, 0.15) is 5.69 Å². The lowest BCUT2D eigenvalue weighted by Crippen LogP contribution is -2.43. The van der Waals surface area contributed by atoms with Gasteiger partial charge in [0.15, 0.2) is 0 Å². The van der Waals surface area contributed by atoms with Crippen molar-refractivity contribution >= 4 is 5.91 Å². The number of aromatic nitrogens is 2. The molecule has 0 atom stereocenters. The molecule has 3 aromatic rings. The number of hydrogen-bond donors (Lipinski definition) is 2. The van der Waals surface area contributed by atoms with Gasteiger partial charge in [0.25, 0.3) is 5.91 Å². The summed E-state index contributed by atoms with van der Waals surface area (Å²) in [5, 5.41) is 10.1. The van der Waals surface area contributed by atoms with Crippen molar-refractivity contribution in [2.45, 2.75) is 13.1 Å². The van der Waals surface area contributed by atoms with Gasteiger partial charge >= 0.3 is 0 Å². The summed E-state index contributed by atoms with van der Waals surface area (Å²) in [6, 6.07) is 20.1. The highest BCUT2D eigenvalue weighted by Crippen LogP contribution is 2.17. The van der Waals surface area contributed by atoms with Gasteiger partial charge in [-0.05, 0) is 24.2 Å². The predicted octanol–water partition coefficient (Wildman–Crippen LogP) is 2.75. The first-order valence-corrected chi connectivity index (χ1v) is 10.0. The van der Waals surface area contributed by atoms with Gasteiger partial charge in [-0.25, -0.2) is 0 Å². The summed E-state index contributed by atoms with van der Waals surface area (Å²) < 4.78 is 0. The average molecular weight is 390 g/mol. The molecular weight excluding hydrogens is 362 g/mol. The van der Waals surface area contributed by atoms with Crippen LogP contribution in [0.1, 0.15) is 21.6 Å². The molecule has 150 valence electrons. The fourth-order valence-corrected chi connectivity index (χ4v) is 3.57. The molecule has 1 fully saturated rings. The summed E-state index contributed by atoms with van der Waals surface area (Å²) in [6.45, 7) is 5.88. The zero-order valence-corrected chi connectivity index (χ0v) is 16.8. The summed E-state index contributed by atoms with van der Waals surface area (Å²) in [4.78, 5) is 17.3. The Morgan fingerprint density at radius 1 is 1.00 bits per heavy atom. The van der Waals surface area contributed by atoms with Crippen molar-refractivity contribution in [2.75, 3.05) is 33.2 Å². The Labute approximate surface area is 171 Å². The van der Waals surface area contributed by atoms with E-state index in [-0.39, 0.29) is 5.91 Å². The second kappa shape index (κ2) is 9.03. The van der Waals surface area contributed by atoms with Gasteiger partial charge in [0.05, 0.1) is 5.69 Å². The highest BCUT2D eigenvalue weighted by molar-refractivity contribution is 5.93. The van der Waals surface area contributed by atoms with Crippen LogP contribution < -0.4 is 5.32 Å². The normalized spacial score (nSPS) is 15.3. The summed E-state index contributed by atoms with van der Waals surface area (Å²) in [5.41, 5.74) is 4.61. The standard InChI is InChI=1S/C23H27N5O/c1-27-10-12-28(13-11-27)17-19-7-5-6-18(14-19)16-24-23(29)22-15-21(25-26-22)20-8-3-2-4-9-20/h2-9,14-15H,10-13,16-17H2,1H3,(H,24,29)(H,25,26). The first-order valence-electron chi connectivity index (χ1n) is 10.0. The highest BCUT2D eigenvalue weighted by Gasteiger charge is 2.14. The first kappa shape index (κ1) is 19.4. The number of hydrogen-bond acceptors (Lipinski definition) is 4. The molecule has 0 saturated carbocycles. The van der Waals surface area contributed by atoms with Crippen LogP contribution in [0.5, 0.6) is 0 Å². The predicted molar refractivity (Wildman–Crippen MR) is 114 cm³/mol. The number of rotatable bonds is 6. The average Bonchev–Trinajstić information content (AvgIpc) is 3.25. The maximum Gasteiger partial charge on any atom is 0.269 e. The molecular formula is C23H27N5O. The molecule has 1 aromatic heterocycles. The van der Waals surface area contributed by atoms with Gasteiger partial charge in [-0.3, -0.25) is 14.8 Å². The van der Waals surface area contributed by atoms with Crippen LogP contribution in [0.25, 0.3) is 11.3 Å². The third-order valence-electron chi connectivity index (χ3n) is 5.34. The van der Waals surface area contributed by atoms with Gasteiger partial charge in [-0.2, -0.15) is 5.10 Å². The van der Waals surface area contributed by atoms with Crippen LogP contribution in [-0.2, 0) is 13.1 Å². The highest BCUT2D eigenvalue weighted by atomic mass is 16.1. The van der Waals surface area contributed by atoms with Crippen molar-refractivity contribution in [2.24, 2.45) is 0 Å². The fraction of sp³-hybridized carbons (Fsp3) is 0.304. The second-order valence-corrected chi connectivity index (χ2v) is 7.61. The molecule has 29 heavy (non-hydrogen) atoms. The number of carbonyl (C=O) groups is 1. The zero-order chi connectivity index (χ0) is 20.1. The Morgan fingerprint density at radius 2 is 1.76 bits per heavy atom. The number of piperazine rings is 1. The molecule has 6 heteroatoms. The minimum atomic E-state index is -0.149. The molecule has 2 N–H and O–H groups in total. The first-order chi connectivity index (χ1) is 14.2. The van der Waals surface area contributed by atoms with Crippen LogP contribution in [-0.4, -0.2) is 59.1 Å². The van der Waals surface area contributed by atoms with Crippen molar-refractivity contribution in [1.29, 1.82) is 0 Å². The molecule has 0 aliphatic carbocycles. The lowest BCUT2D eigenvalue weighted by Gasteiger charge is -2.32. The minimum absolute atomic E-state index is 0.149. The fourth-order valence-electron chi connectivity index (χ4n) is 3.57. The van der Waals surface area contributed by atoms with E-state index in [1.54, 1.807) is 6.07 Å². The van der Waals surface area contributed by atoms with E-state index >= 15 is 0 Å². The molecule has 1 amide bonds. The van der Waals surface area contributed by atoms with Crippen molar-refractivity contribution in [3.05, 3.63) is 77.5 Å². The maximum atomic E-state index is 12.5. The smallest absolute Gasteiger partial charge is 0.269 e. The largest absolute Gasteiger partial charge is 0.347 e. The van der Waals surface area contributed by atoms with E-state index in [0.29, 0.717) is 12.2 Å². The minimum Gasteiger partial charge on any atom is -0.347 e. The number of amides is 1. The number of carbonyl (C=O) groups excluding carboxylic acids is 1. The lowest BCUT2D eigenvalue weighted by atomic mass is 10.1. The van der Waals surface area contributed by atoms with Crippen LogP contribution >= 0.6 is 0 Å². The van der Waals surface area contributed by atoms with Crippen molar-refractivity contribution in [1.82, 2.24) is 25.3 Å². The Hall–Kier alpha value is -2.96. The number of nitrogens with one attached hydrogen (secondary N) is 2. The second-order valence-electron chi connectivity index (χ2n) is 7.61. The van der Waals surface area contributed by atoms with Gasteiger partial charge in [0.2, 0.25) is 0 Å². The van der Waals surface area contributed by atoms with E-state index < -0.39 is 0 Å². The SMILES string of the molecule is CN1CCN(Cc2cccc(CNC(=O)c3cc(-c4ccccc4)n[nH]3)c2)CC1. The molecule has 1 aliphatic rings. The number of likely N-dealkylation sites (N-methyl/N-ethyl adjacent to an activating group) is 1. The van der Waals surface area contributed by atoms with Crippen LogP contribution in [0.3, 0.4) is 0 Å². The molecule has 0 unspecified atom stereocenters. The molecule has 0 spiro atoms. The van der Waals surface area contributed by atoms with E-state index in [2.05, 4.69) is 56.6 Å². The summed E-state index contributed by atoms with van der Waals surface area (Å²) in [7, 11) is 2.17. The van der Waals surface area contributed by atoms with E-state index in [1.807, 2.05) is 30.3 Å². The van der Waals surface area contributed by atoms with E-state index in [9.17, 15) is 4.79 Å². The number of H-pyrrole nitrogens is 1. The molecule has 2 aromatic carbocycles. The van der Waals surface area contributed by atoms with Crippen molar-refractivity contribution in [3.8, 4) is 11.3 Å². The summed E-state index contributed by atoms with van der Waals surface area (Å²) in [5.74, 6) is -0.149. The van der Waals surface area contributed by atoms with E-state index in [4.69, 9.17) is 0 Å². The molecule has 0 radical (unpaired) electrons. The van der Waals surface area contributed by atoms with Crippen LogP contribution in [0.2, 0.25) is 0 Å². The van der Waals surface area contributed by atoms with Gasteiger partial charge in [-0.15, -0.1) is 0 Å². The van der Waals surface area contributed by atoms with Gasteiger partial charge < -0.3 is 10.2 Å². The Balaban J connectivity index is 1.33. The van der Waals surface area contributed by atoms with Gasteiger partial charge in [-0.1, -0.05) is 54.6 Å². The molecule has 0 bridgehead atoms. The summed E-state index contributed by atoms with van der Waals surface area (Å²) in [6.07, 6.45) is 0. The Bertz CT molecular complexity index is 945. The Morgan fingerprint density at radius 3 is 2.55 bits per heavy atom. The molecule has 1 saturated heterocycles. The number of aromatic amines is 1. The molecule has 2 heterocycles. The third kappa shape index (κ3) is 5.10. The molecule has 1 aliphatic heterocycles. The zero-order valence-electron chi connectivity index (χ0n) is 16.8. The maximum absolute atomic E-state index is 12.5. The number of nitrogens with zero attached hydrogens (tertiary/aromatic N) is 3. The van der Waals surface area contributed by atoms with Crippen molar-refractivity contribution < 1.29 is 4.79 Å². The summed E-state index contributed by atoms with van der Waals surface area (Å²) >= 11 is 0. The molecule has 4 rings (SSSR count). The number of benzene rings is 2. The van der Waals surface area contributed by atoms with E-state index in [0.717, 1.165) is 49.5 Å². The van der Waals surface area contributed by atoms with Crippen LogP contribution in [0, 0.1) is 0 Å². The van der Waals surface area contributed by atoms with Gasteiger partial charge in [0, 0.05) is 44.8 Å². The monoisotopic (exact) mass is 389 g/mol.